The first-order valence-electron chi connectivity index (χ1n) is 31.5. The molecule has 0 saturated carbocycles. The third-order valence-electron chi connectivity index (χ3n) is 13.3. The fourth-order valence-corrected chi connectivity index (χ4v) is 9.17. The van der Waals surface area contributed by atoms with E-state index in [4.69, 9.17) is 25.0 Å². The number of imidazole rings is 1. The van der Waals surface area contributed by atoms with Crippen molar-refractivity contribution in [3.63, 3.8) is 0 Å². The number of para-hydroxylation sites is 1. The molecular formula is C67H71N3O. The van der Waals surface area contributed by atoms with Crippen LogP contribution >= 0.6 is 0 Å². The van der Waals surface area contributed by atoms with Crippen molar-refractivity contribution >= 4 is 11.0 Å². The highest BCUT2D eigenvalue weighted by Crippen LogP contribution is 2.46. The van der Waals surface area contributed by atoms with Crippen molar-refractivity contribution in [2.24, 2.45) is 0 Å². The number of aromatic hydroxyl groups is 1. The number of aromatic nitrogens is 3. The van der Waals surface area contributed by atoms with Gasteiger partial charge in [-0.25, -0.2) is 4.98 Å². The first-order valence-corrected chi connectivity index (χ1v) is 24.0. The van der Waals surface area contributed by atoms with E-state index < -0.39 is 72.9 Å². The summed E-state index contributed by atoms with van der Waals surface area (Å²) in [6, 6.07) is 37.5. The van der Waals surface area contributed by atoms with Gasteiger partial charge in [-0.05, 0) is 150 Å². The molecule has 0 aliphatic rings. The number of hydrogen-bond donors (Lipinski definition) is 1. The van der Waals surface area contributed by atoms with Gasteiger partial charge in [0.2, 0.25) is 0 Å². The van der Waals surface area contributed by atoms with Crippen molar-refractivity contribution in [3.05, 3.63) is 191 Å². The second-order valence-electron chi connectivity index (χ2n) is 21.2. The minimum atomic E-state index is -3.83. The van der Waals surface area contributed by atoms with Crippen molar-refractivity contribution in [1.29, 1.82) is 0 Å². The van der Waals surface area contributed by atoms with Gasteiger partial charge >= 0.3 is 0 Å². The second-order valence-corrected chi connectivity index (χ2v) is 21.2. The molecule has 0 radical (unpaired) electrons. The van der Waals surface area contributed by atoms with E-state index in [0.717, 1.165) is 39.1 Å². The standard InChI is InChI=1S/C67H71N3O/c1-41(2)48-37-55(42(3)4)63(71)58(38-48)64-69-62-54(49-34-50(36-53(35-49)67(12,13)14)59-39-47(31-32-68-59)44-23-27-51(28-24-44)65(6,7)8)21-18-22-60(62)70(64)61-33-43(5)56(40-57(61)45-19-16-15-17-20-45)46-25-29-52(30-26-46)66(9,10)11/h15-42,71H,1-14H3/i6D3,7D3,8D3,23D,24D,27D,28D,41D,42D. The molecular weight excluding hydrogens is 863 g/mol. The zero-order chi connectivity index (χ0) is 63.6. The van der Waals surface area contributed by atoms with Crippen LogP contribution in [-0.4, -0.2) is 19.6 Å². The Kier molecular flexibility index (Phi) is 8.79. The number of aryl methyl sites for hydroxylation is 1. The number of rotatable bonds is 9. The van der Waals surface area contributed by atoms with Gasteiger partial charge in [-0.3, -0.25) is 9.55 Å². The summed E-state index contributed by atoms with van der Waals surface area (Å²) in [6.45, 7) is 10.3. The summed E-state index contributed by atoms with van der Waals surface area (Å²) in [6.07, 6.45) is 1.42. The number of pyridine rings is 1. The molecule has 1 N–H and O–H groups in total. The lowest BCUT2D eigenvalue weighted by Crippen LogP contribution is -2.11. The maximum absolute atomic E-state index is 12.6. The summed E-state index contributed by atoms with van der Waals surface area (Å²) >= 11 is 0. The molecule has 4 heteroatoms. The molecule has 0 aliphatic heterocycles. The predicted molar refractivity (Wildman–Crippen MR) is 302 cm³/mol. The van der Waals surface area contributed by atoms with Gasteiger partial charge in [0.15, 0.2) is 0 Å². The first-order chi connectivity index (χ1) is 39.6. The normalized spacial score (nSPS) is 16.3. The van der Waals surface area contributed by atoms with E-state index >= 15 is 0 Å². The van der Waals surface area contributed by atoms with Crippen LogP contribution in [0.3, 0.4) is 0 Å². The lowest BCUT2D eigenvalue weighted by molar-refractivity contribution is 0.466. The Morgan fingerprint density at radius 3 is 1.87 bits per heavy atom. The lowest BCUT2D eigenvalue weighted by Gasteiger charge is -2.22. The van der Waals surface area contributed by atoms with E-state index in [0.29, 0.717) is 55.9 Å². The Balaban J connectivity index is 1.33. The quantitative estimate of drug-likeness (QED) is 0.157. The lowest BCUT2D eigenvalue weighted by atomic mass is 9.83. The van der Waals surface area contributed by atoms with E-state index in [1.54, 1.807) is 45.9 Å². The van der Waals surface area contributed by atoms with Crippen LogP contribution in [-0.2, 0) is 16.2 Å². The summed E-state index contributed by atoms with van der Waals surface area (Å²) in [5.41, 5.74) is 6.64. The number of benzene rings is 7. The van der Waals surface area contributed by atoms with E-state index in [1.165, 1.54) is 17.8 Å². The van der Waals surface area contributed by atoms with Gasteiger partial charge in [0, 0.05) is 38.0 Å². The molecule has 0 atom stereocenters. The number of phenolic OH excluding ortho intramolecular Hbond substituents is 1. The summed E-state index contributed by atoms with van der Waals surface area (Å²) < 4.78 is 132. The molecule has 0 fully saturated rings. The summed E-state index contributed by atoms with van der Waals surface area (Å²) in [7, 11) is 0. The van der Waals surface area contributed by atoms with Crippen LogP contribution in [0.25, 0.3) is 83.9 Å². The zero-order valence-corrected chi connectivity index (χ0v) is 42.5. The molecule has 9 aromatic rings. The summed E-state index contributed by atoms with van der Waals surface area (Å²) in [5, 5.41) is 12.6. The van der Waals surface area contributed by atoms with Crippen molar-refractivity contribution < 1.29 is 25.7 Å². The number of phenols is 1. The summed E-state index contributed by atoms with van der Waals surface area (Å²) in [5.74, 6) is -2.22. The zero-order valence-electron chi connectivity index (χ0n) is 57.5. The van der Waals surface area contributed by atoms with Crippen LogP contribution < -0.4 is 0 Å². The van der Waals surface area contributed by atoms with E-state index in [-0.39, 0.29) is 22.3 Å². The van der Waals surface area contributed by atoms with E-state index in [1.807, 2.05) is 48.5 Å². The van der Waals surface area contributed by atoms with Crippen molar-refractivity contribution in [2.45, 2.75) is 125 Å². The van der Waals surface area contributed by atoms with Gasteiger partial charge in [-0.2, -0.15) is 0 Å². The molecule has 7 aromatic carbocycles. The third kappa shape index (κ3) is 9.74. The van der Waals surface area contributed by atoms with E-state index in [9.17, 15) is 10.6 Å². The average Bonchev–Trinajstić information content (AvgIpc) is 0.746. The highest BCUT2D eigenvalue weighted by molar-refractivity contribution is 5.98. The molecule has 2 aromatic heterocycles. The van der Waals surface area contributed by atoms with Crippen LogP contribution in [0.5, 0.6) is 5.75 Å². The molecule has 0 saturated heterocycles. The van der Waals surface area contributed by atoms with Crippen molar-refractivity contribution in [1.82, 2.24) is 14.5 Å². The Morgan fingerprint density at radius 1 is 0.549 bits per heavy atom. The molecule has 360 valence electrons. The fraction of sp³-hybridized carbons (Fsp3) is 0.284. The Hall–Kier alpha value is -7.04. The third-order valence-corrected chi connectivity index (χ3v) is 13.3. The van der Waals surface area contributed by atoms with Crippen LogP contribution in [0.2, 0.25) is 0 Å². The fourth-order valence-electron chi connectivity index (χ4n) is 9.17. The van der Waals surface area contributed by atoms with Crippen LogP contribution in [0.15, 0.2) is 158 Å². The van der Waals surface area contributed by atoms with Gasteiger partial charge in [-0.15, -0.1) is 0 Å². The second kappa shape index (κ2) is 18.6. The van der Waals surface area contributed by atoms with Gasteiger partial charge < -0.3 is 5.11 Å². The largest absolute Gasteiger partial charge is 0.507 e. The van der Waals surface area contributed by atoms with Crippen molar-refractivity contribution in [2.75, 3.05) is 0 Å². The van der Waals surface area contributed by atoms with Gasteiger partial charge in [-0.1, -0.05) is 193 Å². The van der Waals surface area contributed by atoms with Crippen LogP contribution in [0.4, 0.5) is 0 Å². The molecule has 0 aliphatic carbocycles. The molecule has 4 nitrogen and oxygen atoms in total. The van der Waals surface area contributed by atoms with E-state index in [2.05, 4.69) is 108 Å². The van der Waals surface area contributed by atoms with Crippen molar-refractivity contribution in [3.8, 4) is 78.6 Å². The highest BCUT2D eigenvalue weighted by Gasteiger charge is 2.27. The van der Waals surface area contributed by atoms with Gasteiger partial charge in [0.1, 0.15) is 11.6 Å². The molecule has 9 rings (SSSR count). The Bertz CT molecular complexity index is 4050. The Morgan fingerprint density at radius 2 is 1.23 bits per heavy atom. The number of hydrogen-bond acceptors (Lipinski definition) is 3. The highest BCUT2D eigenvalue weighted by atomic mass is 16.3. The monoisotopic (exact) mass is 949 g/mol. The van der Waals surface area contributed by atoms with Gasteiger partial charge in [0.25, 0.3) is 0 Å². The summed E-state index contributed by atoms with van der Waals surface area (Å²) in [4.78, 5) is 10.3. The molecule has 0 spiro atoms. The Labute approximate surface area is 444 Å². The minimum Gasteiger partial charge on any atom is -0.507 e. The molecule has 71 heavy (non-hydrogen) atoms. The smallest absolute Gasteiger partial charge is 0.149 e. The maximum Gasteiger partial charge on any atom is 0.149 e. The number of nitrogens with zero attached hydrogens (tertiary/aromatic N) is 3. The maximum atomic E-state index is 12.6. The number of fused-ring (bicyclic) bond motifs is 1. The first kappa shape index (κ1) is 33.5. The minimum absolute atomic E-state index is 0.0509. The SMILES string of the molecule is [2H]c1c([2H])c(C(C([2H])([2H])[2H])(C([2H])([2H])[2H])C([2H])([2H])[2H])c([2H])c([2H])c1-c1ccnc(-c2cc(-c3cccc4c3nc(-c3cc(C([2H])(C)C)cc(C([2H])(C)C)c3O)n4-c3cc(C)c(-c4ccc(C(C)(C)C)cc4)cc3-c3ccccc3)cc(C(C)(C)C)c2)c1. The topological polar surface area (TPSA) is 50.9 Å². The average molecular weight is 949 g/mol. The predicted octanol–water partition coefficient (Wildman–Crippen LogP) is 18.6. The molecule has 0 unspecified atom stereocenters. The molecule has 0 amide bonds. The van der Waals surface area contributed by atoms with Crippen LogP contribution in [0, 0.1) is 6.92 Å². The van der Waals surface area contributed by atoms with Gasteiger partial charge in [0.05, 0.1) is 33.5 Å². The van der Waals surface area contributed by atoms with Crippen LogP contribution in [0.1, 0.15) is 156 Å². The molecule has 0 bridgehead atoms. The molecule has 2 heterocycles.